The number of hydrogen-bond acceptors (Lipinski definition) is 3. The summed E-state index contributed by atoms with van der Waals surface area (Å²) < 4.78 is 1.08. The van der Waals surface area contributed by atoms with E-state index in [-0.39, 0.29) is 11.8 Å². The minimum absolute atomic E-state index is 0.0309. The van der Waals surface area contributed by atoms with Crippen molar-refractivity contribution in [3.63, 3.8) is 0 Å². The van der Waals surface area contributed by atoms with E-state index < -0.39 is 0 Å². The molecule has 1 heterocycles. The van der Waals surface area contributed by atoms with Crippen molar-refractivity contribution in [2.24, 2.45) is 5.92 Å². The molecule has 96 valence electrons. The number of hydrogen-bond donors (Lipinski definition) is 1. The maximum atomic E-state index is 12.0. The van der Waals surface area contributed by atoms with Crippen LogP contribution in [-0.2, 0) is 11.3 Å². The zero-order valence-electron chi connectivity index (χ0n) is 10.5. The van der Waals surface area contributed by atoms with E-state index in [1.54, 1.807) is 16.2 Å². The summed E-state index contributed by atoms with van der Waals surface area (Å²) in [4.78, 5) is 15.0. The van der Waals surface area contributed by atoms with E-state index in [1.807, 2.05) is 26.3 Å². The van der Waals surface area contributed by atoms with Gasteiger partial charge in [0.25, 0.3) is 0 Å². The number of carbonyl (C=O) groups is 1. The van der Waals surface area contributed by atoms with Crippen LogP contribution in [0.2, 0.25) is 0 Å². The van der Waals surface area contributed by atoms with E-state index in [1.165, 1.54) is 4.88 Å². The lowest BCUT2D eigenvalue weighted by atomic mass is 10.1. The molecule has 0 radical (unpaired) electrons. The first-order valence-electron chi connectivity index (χ1n) is 5.73. The van der Waals surface area contributed by atoms with Crippen LogP contribution in [0, 0.1) is 5.92 Å². The monoisotopic (exact) mass is 318 g/mol. The van der Waals surface area contributed by atoms with Crippen molar-refractivity contribution in [3.8, 4) is 0 Å². The summed E-state index contributed by atoms with van der Waals surface area (Å²) in [6, 6.07) is 2.06. The van der Waals surface area contributed by atoms with Crippen LogP contribution in [0.4, 0.5) is 0 Å². The molecule has 0 saturated heterocycles. The highest BCUT2D eigenvalue weighted by Crippen LogP contribution is 2.21. The van der Waals surface area contributed by atoms with Gasteiger partial charge in [0.05, 0.1) is 6.54 Å². The second-order valence-electron chi connectivity index (χ2n) is 4.13. The van der Waals surface area contributed by atoms with Gasteiger partial charge in [-0.2, -0.15) is 0 Å². The van der Waals surface area contributed by atoms with E-state index >= 15 is 0 Å². The molecule has 1 aromatic rings. The Kier molecular flexibility index (Phi) is 6.16. The van der Waals surface area contributed by atoms with Gasteiger partial charge >= 0.3 is 0 Å². The van der Waals surface area contributed by atoms with Crippen molar-refractivity contribution in [2.45, 2.75) is 20.4 Å². The fourth-order valence-electron chi connectivity index (χ4n) is 1.57. The van der Waals surface area contributed by atoms with Gasteiger partial charge in [-0.1, -0.05) is 13.8 Å². The molecule has 1 amide bonds. The summed E-state index contributed by atoms with van der Waals surface area (Å²) in [5.41, 5.74) is 0. The Bertz CT molecular complexity index is 367. The molecule has 0 aliphatic rings. The molecule has 1 unspecified atom stereocenters. The Labute approximate surface area is 115 Å². The van der Waals surface area contributed by atoms with Crippen molar-refractivity contribution in [1.82, 2.24) is 10.2 Å². The van der Waals surface area contributed by atoms with Gasteiger partial charge in [-0.3, -0.25) is 4.79 Å². The van der Waals surface area contributed by atoms with Crippen molar-refractivity contribution < 1.29 is 4.79 Å². The quantitative estimate of drug-likeness (QED) is 0.874. The number of nitrogens with zero attached hydrogens (tertiary/aromatic N) is 1. The molecule has 0 aromatic carbocycles. The van der Waals surface area contributed by atoms with Crippen LogP contribution >= 0.6 is 27.3 Å². The Morgan fingerprint density at radius 3 is 2.88 bits per heavy atom. The molecule has 1 N–H and O–H groups in total. The molecular weight excluding hydrogens is 300 g/mol. The fraction of sp³-hybridized carbons (Fsp3) is 0.583. The van der Waals surface area contributed by atoms with E-state index in [9.17, 15) is 4.79 Å². The zero-order valence-corrected chi connectivity index (χ0v) is 12.9. The summed E-state index contributed by atoms with van der Waals surface area (Å²) in [6.07, 6.45) is 0. The van der Waals surface area contributed by atoms with Gasteiger partial charge in [-0.05, 0) is 28.5 Å². The standard InChI is InChI=1S/C12H19BrN2OS/c1-4-14-6-9(2)12(16)15(3)7-11-5-10(13)8-17-11/h5,8-9,14H,4,6-7H2,1-3H3. The van der Waals surface area contributed by atoms with Crippen molar-refractivity contribution >= 4 is 33.2 Å². The first-order valence-corrected chi connectivity index (χ1v) is 7.40. The Morgan fingerprint density at radius 2 is 2.35 bits per heavy atom. The molecule has 1 aromatic heterocycles. The van der Waals surface area contributed by atoms with Crippen LogP contribution in [-0.4, -0.2) is 30.9 Å². The normalized spacial score (nSPS) is 12.5. The molecular formula is C12H19BrN2OS. The predicted octanol–water partition coefficient (Wildman–Crippen LogP) is 2.71. The number of halogens is 1. The van der Waals surface area contributed by atoms with Crippen LogP contribution in [0.5, 0.6) is 0 Å². The van der Waals surface area contributed by atoms with Gasteiger partial charge in [-0.15, -0.1) is 11.3 Å². The zero-order chi connectivity index (χ0) is 12.8. The van der Waals surface area contributed by atoms with Crippen molar-refractivity contribution in [1.29, 1.82) is 0 Å². The average molecular weight is 319 g/mol. The second kappa shape index (κ2) is 7.13. The van der Waals surface area contributed by atoms with E-state index in [2.05, 4.69) is 27.3 Å². The lowest BCUT2D eigenvalue weighted by Crippen LogP contribution is -2.36. The highest BCUT2D eigenvalue weighted by Gasteiger charge is 2.17. The van der Waals surface area contributed by atoms with Gasteiger partial charge < -0.3 is 10.2 Å². The smallest absolute Gasteiger partial charge is 0.226 e. The van der Waals surface area contributed by atoms with Crippen molar-refractivity contribution in [2.75, 3.05) is 20.1 Å². The molecule has 0 fully saturated rings. The molecule has 5 heteroatoms. The third-order valence-corrected chi connectivity index (χ3v) is 4.20. The second-order valence-corrected chi connectivity index (χ2v) is 6.05. The highest BCUT2D eigenvalue weighted by molar-refractivity contribution is 9.10. The van der Waals surface area contributed by atoms with E-state index in [4.69, 9.17) is 0 Å². The summed E-state index contributed by atoms with van der Waals surface area (Å²) >= 11 is 5.09. The number of rotatable bonds is 6. The molecule has 0 bridgehead atoms. The average Bonchev–Trinajstić information content (AvgIpc) is 2.70. The molecule has 0 saturated carbocycles. The Hall–Kier alpha value is -0.390. The SMILES string of the molecule is CCNCC(C)C(=O)N(C)Cc1cc(Br)cs1. The third kappa shape index (κ3) is 4.77. The molecule has 0 aliphatic carbocycles. The summed E-state index contributed by atoms with van der Waals surface area (Å²) in [5, 5.41) is 5.24. The molecule has 0 aliphatic heterocycles. The van der Waals surface area contributed by atoms with Gasteiger partial charge in [-0.25, -0.2) is 0 Å². The minimum Gasteiger partial charge on any atom is -0.340 e. The maximum Gasteiger partial charge on any atom is 0.226 e. The number of amides is 1. The third-order valence-electron chi connectivity index (χ3n) is 2.51. The highest BCUT2D eigenvalue weighted by atomic mass is 79.9. The predicted molar refractivity (Wildman–Crippen MR) is 76.2 cm³/mol. The molecule has 1 rings (SSSR count). The Morgan fingerprint density at radius 1 is 1.65 bits per heavy atom. The lowest BCUT2D eigenvalue weighted by Gasteiger charge is -2.20. The van der Waals surface area contributed by atoms with Gasteiger partial charge in [0.15, 0.2) is 0 Å². The number of carbonyl (C=O) groups excluding carboxylic acids is 1. The van der Waals surface area contributed by atoms with Crippen LogP contribution in [0.15, 0.2) is 15.9 Å². The van der Waals surface area contributed by atoms with E-state index in [0.29, 0.717) is 6.54 Å². The topological polar surface area (TPSA) is 32.3 Å². The molecule has 17 heavy (non-hydrogen) atoms. The van der Waals surface area contributed by atoms with Crippen LogP contribution in [0.25, 0.3) is 0 Å². The first-order chi connectivity index (χ1) is 8.04. The Balaban J connectivity index is 2.46. The fourth-order valence-corrected chi connectivity index (χ4v) is 3.08. The summed E-state index contributed by atoms with van der Waals surface area (Å²) in [7, 11) is 1.86. The number of thiophene rings is 1. The van der Waals surface area contributed by atoms with Crippen LogP contribution in [0.3, 0.4) is 0 Å². The van der Waals surface area contributed by atoms with Crippen LogP contribution < -0.4 is 5.32 Å². The van der Waals surface area contributed by atoms with Gasteiger partial charge in [0.2, 0.25) is 5.91 Å². The molecule has 1 atom stereocenters. The van der Waals surface area contributed by atoms with E-state index in [0.717, 1.165) is 17.6 Å². The minimum atomic E-state index is 0.0309. The van der Waals surface area contributed by atoms with Gasteiger partial charge in [0.1, 0.15) is 0 Å². The lowest BCUT2D eigenvalue weighted by molar-refractivity contribution is -0.134. The number of nitrogens with one attached hydrogen (secondary N) is 1. The van der Waals surface area contributed by atoms with Crippen molar-refractivity contribution in [3.05, 3.63) is 20.8 Å². The molecule has 0 spiro atoms. The van der Waals surface area contributed by atoms with Crippen LogP contribution in [0.1, 0.15) is 18.7 Å². The first kappa shape index (κ1) is 14.7. The summed E-state index contributed by atoms with van der Waals surface area (Å²) in [6.45, 7) is 6.34. The maximum absolute atomic E-state index is 12.0. The summed E-state index contributed by atoms with van der Waals surface area (Å²) in [5.74, 6) is 0.221. The molecule has 3 nitrogen and oxygen atoms in total. The van der Waals surface area contributed by atoms with Gasteiger partial charge in [0, 0.05) is 34.2 Å². The largest absolute Gasteiger partial charge is 0.340 e.